The number of nitrogens with one attached hydrogen (secondary N) is 1. The van der Waals surface area contributed by atoms with Gasteiger partial charge in [-0.1, -0.05) is 37.5 Å². The molecule has 0 spiro atoms. The van der Waals surface area contributed by atoms with E-state index in [1.54, 1.807) is 6.33 Å². The second-order valence-electron chi connectivity index (χ2n) is 7.62. The SMILES string of the molecule is C[C@@H](O)c1ccc2c(c1)CCN(c1cc(NC3CCCCC3)ncn1)C2. The van der Waals surface area contributed by atoms with Crippen LogP contribution in [-0.2, 0) is 13.0 Å². The molecule has 0 bridgehead atoms. The van der Waals surface area contributed by atoms with E-state index in [9.17, 15) is 5.11 Å². The van der Waals surface area contributed by atoms with Crippen molar-refractivity contribution in [3.8, 4) is 0 Å². The van der Waals surface area contributed by atoms with Crippen LogP contribution >= 0.6 is 0 Å². The predicted octanol–water partition coefficient (Wildman–Crippen LogP) is 3.84. The highest BCUT2D eigenvalue weighted by Gasteiger charge is 2.20. The lowest BCUT2D eigenvalue weighted by Gasteiger charge is -2.30. The molecule has 2 N–H and O–H groups in total. The standard InChI is InChI=1S/C21H28N4O/c1-15(26)16-7-8-18-13-25(10-9-17(18)11-16)21-12-20(22-14-23-21)24-19-5-3-2-4-6-19/h7-8,11-12,14-15,19,26H,2-6,9-10,13H2,1H3,(H,22,23,24)/t15-/m1/s1. The van der Waals surface area contributed by atoms with Crippen LogP contribution < -0.4 is 10.2 Å². The van der Waals surface area contributed by atoms with Gasteiger partial charge in [-0.3, -0.25) is 0 Å². The third-order valence-electron chi connectivity index (χ3n) is 5.66. The lowest BCUT2D eigenvalue weighted by molar-refractivity contribution is 0.199. The van der Waals surface area contributed by atoms with Gasteiger partial charge >= 0.3 is 0 Å². The molecule has 0 amide bonds. The van der Waals surface area contributed by atoms with Crippen molar-refractivity contribution in [1.29, 1.82) is 0 Å². The number of fused-ring (bicyclic) bond motifs is 1. The second-order valence-corrected chi connectivity index (χ2v) is 7.62. The fourth-order valence-corrected chi connectivity index (χ4v) is 4.08. The van der Waals surface area contributed by atoms with Crippen LogP contribution in [0.25, 0.3) is 0 Å². The molecular weight excluding hydrogens is 324 g/mol. The highest BCUT2D eigenvalue weighted by atomic mass is 16.3. The Morgan fingerprint density at radius 3 is 2.77 bits per heavy atom. The molecule has 5 heteroatoms. The first-order valence-corrected chi connectivity index (χ1v) is 9.82. The van der Waals surface area contributed by atoms with Gasteiger partial charge < -0.3 is 15.3 Å². The summed E-state index contributed by atoms with van der Waals surface area (Å²) in [6.07, 6.45) is 8.70. The number of benzene rings is 1. The molecule has 2 aliphatic rings. The highest BCUT2D eigenvalue weighted by molar-refractivity contribution is 5.51. The van der Waals surface area contributed by atoms with Crippen molar-refractivity contribution in [2.45, 2.75) is 64.1 Å². The first-order chi connectivity index (χ1) is 12.7. The van der Waals surface area contributed by atoms with Crippen molar-refractivity contribution in [2.24, 2.45) is 0 Å². The number of aromatic nitrogens is 2. The number of aliphatic hydroxyl groups is 1. The third-order valence-corrected chi connectivity index (χ3v) is 5.66. The molecule has 2 aromatic rings. The second kappa shape index (κ2) is 7.62. The molecule has 1 aliphatic carbocycles. The molecule has 2 heterocycles. The number of rotatable bonds is 4. The van der Waals surface area contributed by atoms with E-state index in [1.165, 1.54) is 43.2 Å². The van der Waals surface area contributed by atoms with Crippen LogP contribution in [0.15, 0.2) is 30.6 Å². The molecule has 1 atom stereocenters. The van der Waals surface area contributed by atoms with E-state index in [0.717, 1.165) is 36.7 Å². The Hall–Kier alpha value is -2.14. The summed E-state index contributed by atoms with van der Waals surface area (Å²) >= 11 is 0. The van der Waals surface area contributed by atoms with Crippen molar-refractivity contribution in [2.75, 3.05) is 16.8 Å². The zero-order chi connectivity index (χ0) is 17.9. The molecule has 0 unspecified atom stereocenters. The minimum atomic E-state index is -0.409. The summed E-state index contributed by atoms with van der Waals surface area (Å²) < 4.78 is 0. The van der Waals surface area contributed by atoms with Gasteiger partial charge in [0.2, 0.25) is 0 Å². The summed E-state index contributed by atoms with van der Waals surface area (Å²) in [4.78, 5) is 11.3. The predicted molar refractivity (Wildman–Crippen MR) is 104 cm³/mol. The van der Waals surface area contributed by atoms with Gasteiger partial charge in [-0.25, -0.2) is 9.97 Å². The molecule has 1 aromatic heterocycles. The van der Waals surface area contributed by atoms with Gasteiger partial charge in [-0.2, -0.15) is 0 Å². The molecule has 5 nitrogen and oxygen atoms in total. The number of hydrogen-bond donors (Lipinski definition) is 2. The topological polar surface area (TPSA) is 61.3 Å². The van der Waals surface area contributed by atoms with E-state index in [1.807, 2.05) is 13.0 Å². The molecule has 1 fully saturated rings. The van der Waals surface area contributed by atoms with Crippen LogP contribution in [-0.4, -0.2) is 27.7 Å². The Morgan fingerprint density at radius 2 is 1.96 bits per heavy atom. The summed E-state index contributed by atoms with van der Waals surface area (Å²) in [5.41, 5.74) is 3.66. The maximum absolute atomic E-state index is 9.79. The summed E-state index contributed by atoms with van der Waals surface area (Å²) in [6.45, 7) is 3.62. The van der Waals surface area contributed by atoms with Crippen LogP contribution in [0.1, 0.15) is 61.8 Å². The largest absolute Gasteiger partial charge is 0.389 e. The molecule has 0 radical (unpaired) electrons. The Balaban J connectivity index is 1.47. The zero-order valence-corrected chi connectivity index (χ0v) is 15.5. The van der Waals surface area contributed by atoms with Crippen LogP contribution in [0.5, 0.6) is 0 Å². The average Bonchev–Trinajstić information content (AvgIpc) is 2.68. The van der Waals surface area contributed by atoms with E-state index >= 15 is 0 Å². The lowest BCUT2D eigenvalue weighted by Crippen LogP contribution is -2.31. The number of anilines is 2. The molecule has 0 saturated heterocycles. The average molecular weight is 352 g/mol. The Labute approximate surface area is 155 Å². The van der Waals surface area contributed by atoms with Crippen LogP contribution in [0.2, 0.25) is 0 Å². The molecule has 138 valence electrons. The van der Waals surface area contributed by atoms with Gasteiger partial charge in [0, 0.05) is 25.2 Å². The van der Waals surface area contributed by atoms with Crippen molar-refractivity contribution in [3.05, 3.63) is 47.3 Å². The van der Waals surface area contributed by atoms with Crippen molar-refractivity contribution in [1.82, 2.24) is 9.97 Å². The minimum Gasteiger partial charge on any atom is -0.389 e. The van der Waals surface area contributed by atoms with E-state index in [2.05, 4.69) is 38.4 Å². The van der Waals surface area contributed by atoms with Crippen molar-refractivity contribution < 1.29 is 5.11 Å². The summed E-state index contributed by atoms with van der Waals surface area (Å²) in [6, 6.07) is 8.96. The Morgan fingerprint density at radius 1 is 1.12 bits per heavy atom. The van der Waals surface area contributed by atoms with Crippen molar-refractivity contribution in [3.63, 3.8) is 0 Å². The van der Waals surface area contributed by atoms with Gasteiger partial charge in [0.05, 0.1) is 6.10 Å². The van der Waals surface area contributed by atoms with E-state index < -0.39 is 6.10 Å². The molecule has 1 aliphatic heterocycles. The lowest BCUT2D eigenvalue weighted by atomic mass is 9.95. The monoisotopic (exact) mass is 352 g/mol. The van der Waals surface area contributed by atoms with E-state index in [-0.39, 0.29) is 0 Å². The first-order valence-electron chi connectivity index (χ1n) is 9.82. The van der Waals surface area contributed by atoms with Gasteiger partial charge in [-0.05, 0) is 42.9 Å². The van der Waals surface area contributed by atoms with Crippen molar-refractivity contribution >= 4 is 11.6 Å². The van der Waals surface area contributed by atoms with Gasteiger partial charge in [-0.15, -0.1) is 0 Å². The highest BCUT2D eigenvalue weighted by Crippen LogP contribution is 2.27. The third kappa shape index (κ3) is 3.83. The van der Waals surface area contributed by atoms with Gasteiger partial charge in [0.25, 0.3) is 0 Å². The summed E-state index contributed by atoms with van der Waals surface area (Å²) in [7, 11) is 0. The fraction of sp³-hybridized carbons (Fsp3) is 0.524. The summed E-state index contributed by atoms with van der Waals surface area (Å²) in [5, 5.41) is 13.4. The maximum atomic E-state index is 9.79. The number of aliphatic hydroxyl groups excluding tert-OH is 1. The molecule has 1 saturated carbocycles. The maximum Gasteiger partial charge on any atom is 0.134 e. The van der Waals surface area contributed by atoms with Gasteiger partial charge in [0.1, 0.15) is 18.0 Å². The molecule has 1 aromatic carbocycles. The van der Waals surface area contributed by atoms with Crippen LogP contribution in [0.4, 0.5) is 11.6 Å². The number of hydrogen-bond acceptors (Lipinski definition) is 5. The Kier molecular flexibility index (Phi) is 5.07. The number of nitrogens with zero attached hydrogens (tertiary/aromatic N) is 3. The van der Waals surface area contributed by atoms with Gasteiger partial charge in [0.15, 0.2) is 0 Å². The minimum absolute atomic E-state index is 0.409. The van der Waals surface area contributed by atoms with E-state index in [4.69, 9.17) is 0 Å². The van der Waals surface area contributed by atoms with Crippen LogP contribution in [0, 0.1) is 0 Å². The molecule has 4 rings (SSSR count). The zero-order valence-electron chi connectivity index (χ0n) is 15.5. The summed E-state index contributed by atoms with van der Waals surface area (Å²) in [5.74, 6) is 1.93. The van der Waals surface area contributed by atoms with Crippen LogP contribution in [0.3, 0.4) is 0 Å². The molecular formula is C21H28N4O. The normalized spacial score (nSPS) is 19.1. The van der Waals surface area contributed by atoms with E-state index in [0.29, 0.717) is 6.04 Å². The Bertz CT molecular complexity index is 755. The smallest absolute Gasteiger partial charge is 0.134 e. The fourth-order valence-electron chi connectivity index (χ4n) is 4.08. The quantitative estimate of drug-likeness (QED) is 0.875. The first kappa shape index (κ1) is 17.3. The molecule has 26 heavy (non-hydrogen) atoms.